The molecule has 0 aromatic heterocycles. The summed E-state index contributed by atoms with van der Waals surface area (Å²) in [6, 6.07) is 7.81. The van der Waals surface area contributed by atoms with Gasteiger partial charge >= 0.3 is 18.3 Å². The lowest BCUT2D eigenvalue weighted by molar-refractivity contribution is -0.147. The van der Waals surface area contributed by atoms with E-state index in [2.05, 4.69) is 5.32 Å². The van der Waals surface area contributed by atoms with Crippen molar-refractivity contribution in [3.63, 3.8) is 0 Å². The molecule has 0 bridgehead atoms. The second-order valence-electron chi connectivity index (χ2n) is 7.32. The van der Waals surface area contributed by atoms with Gasteiger partial charge in [-0.15, -0.1) is 0 Å². The maximum absolute atomic E-state index is 13.2. The fourth-order valence-electron chi connectivity index (χ4n) is 3.39. The van der Waals surface area contributed by atoms with Gasteiger partial charge in [-0.1, -0.05) is 12.1 Å². The zero-order valence-corrected chi connectivity index (χ0v) is 17.3. The lowest BCUT2D eigenvalue weighted by Crippen LogP contribution is -2.51. The Bertz CT molecular complexity index is 1110. The number of anilines is 2. The average Bonchev–Trinajstić information content (AvgIpc) is 2.98. The first-order valence-corrected chi connectivity index (χ1v) is 9.63. The van der Waals surface area contributed by atoms with Gasteiger partial charge < -0.3 is 10.1 Å². The third-order valence-electron chi connectivity index (χ3n) is 4.91. The van der Waals surface area contributed by atoms with E-state index in [1.54, 1.807) is 0 Å². The molecular weight excluding hydrogens is 454 g/mol. The molecular formula is C22H18F6N2O3. The molecule has 0 radical (unpaired) electrons. The fraction of sp³-hybridized carbons (Fsp3) is 0.273. The molecule has 33 heavy (non-hydrogen) atoms. The highest BCUT2D eigenvalue weighted by molar-refractivity contribution is 6.16. The summed E-state index contributed by atoms with van der Waals surface area (Å²) in [5.74, 6) is -1.83. The number of benzene rings is 2. The van der Waals surface area contributed by atoms with Crippen LogP contribution < -0.4 is 10.2 Å². The fourth-order valence-corrected chi connectivity index (χ4v) is 3.39. The van der Waals surface area contributed by atoms with Crippen molar-refractivity contribution in [2.24, 2.45) is 0 Å². The summed E-state index contributed by atoms with van der Waals surface area (Å²) in [6.45, 7) is 2.71. The van der Waals surface area contributed by atoms with Gasteiger partial charge in [-0.05, 0) is 56.3 Å². The molecule has 2 aromatic rings. The Morgan fingerprint density at radius 1 is 1.00 bits per heavy atom. The molecule has 1 aliphatic rings. The van der Waals surface area contributed by atoms with Crippen LogP contribution in [0.5, 0.6) is 0 Å². The van der Waals surface area contributed by atoms with Crippen LogP contribution in [-0.4, -0.2) is 24.0 Å². The van der Waals surface area contributed by atoms with E-state index in [4.69, 9.17) is 4.74 Å². The molecule has 0 unspecified atom stereocenters. The van der Waals surface area contributed by atoms with Gasteiger partial charge in [0.1, 0.15) is 5.70 Å². The number of nitrogens with zero attached hydrogens (tertiary/aromatic N) is 1. The molecule has 176 valence electrons. The summed E-state index contributed by atoms with van der Waals surface area (Å²) in [4.78, 5) is 26.7. The highest BCUT2D eigenvalue weighted by Crippen LogP contribution is 2.39. The van der Waals surface area contributed by atoms with Crippen LogP contribution in [0.15, 0.2) is 60.3 Å². The molecule has 5 nitrogen and oxygen atoms in total. The molecule has 1 aliphatic heterocycles. The van der Waals surface area contributed by atoms with Gasteiger partial charge in [0.15, 0.2) is 5.54 Å². The highest BCUT2D eigenvalue weighted by Gasteiger charge is 2.50. The van der Waals surface area contributed by atoms with E-state index in [0.29, 0.717) is 6.07 Å². The highest BCUT2D eigenvalue weighted by atomic mass is 19.4. The number of amides is 1. The molecule has 0 aliphatic carbocycles. The summed E-state index contributed by atoms with van der Waals surface area (Å²) in [7, 11) is 0. The van der Waals surface area contributed by atoms with Crippen molar-refractivity contribution in [2.45, 2.75) is 31.7 Å². The standard InChI is InChI=1S/C22H18F6N2O3/c1-3-33-19(32)20(2)12-17(29-15-8-4-6-13(10-15)21(23,24)25)18(31)30(20)16-9-5-7-14(11-16)22(26,27)28/h4-12,29H,3H2,1-2H3/t20-/m1/s1. The monoisotopic (exact) mass is 472 g/mol. The van der Waals surface area contributed by atoms with E-state index < -0.39 is 40.9 Å². The van der Waals surface area contributed by atoms with Crippen LogP contribution in [0.25, 0.3) is 0 Å². The molecule has 3 rings (SSSR count). The predicted molar refractivity (Wildman–Crippen MR) is 107 cm³/mol. The van der Waals surface area contributed by atoms with Crippen molar-refractivity contribution in [3.8, 4) is 0 Å². The summed E-state index contributed by atoms with van der Waals surface area (Å²) in [6.07, 6.45) is -8.21. The Balaban J connectivity index is 2.05. The number of carbonyl (C=O) groups is 2. The number of carbonyl (C=O) groups excluding carboxylic acids is 2. The lowest BCUT2D eigenvalue weighted by Gasteiger charge is -2.32. The molecule has 11 heteroatoms. The zero-order chi connectivity index (χ0) is 24.6. The van der Waals surface area contributed by atoms with E-state index in [1.165, 1.54) is 26.0 Å². The normalized spacial score (nSPS) is 18.8. The lowest BCUT2D eigenvalue weighted by atomic mass is 10.0. The van der Waals surface area contributed by atoms with Gasteiger partial charge in [-0.2, -0.15) is 26.3 Å². The molecule has 0 saturated carbocycles. The van der Waals surface area contributed by atoms with Crippen LogP contribution in [0.3, 0.4) is 0 Å². The van der Waals surface area contributed by atoms with E-state index in [0.717, 1.165) is 41.3 Å². The third kappa shape index (κ3) is 4.81. The topological polar surface area (TPSA) is 58.6 Å². The maximum atomic E-state index is 13.2. The Hall–Kier alpha value is -3.50. The van der Waals surface area contributed by atoms with Gasteiger partial charge in [0.2, 0.25) is 0 Å². The number of ether oxygens (including phenoxy) is 1. The quantitative estimate of drug-likeness (QED) is 0.469. The average molecular weight is 472 g/mol. The molecule has 1 N–H and O–H groups in total. The summed E-state index contributed by atoms with van der Waals surface area (Å²) >= 11 is 0. The van der Waals surface area contributed by atoms with Crippen LogP contribution >= 0.6 is 0 Å². The minimum Gasteiger partial charge on any atom is -0.464 e. The van der Waals surface area contributed by atoms with E-state index in [1.807, 2.05) is 0 Å². The third-order valence-corrected chi connectivity index (χ3v) is 4.91. The largest absolute Gasteiger partial charge is 0.464 e. The minimum atomic E-state index is -4.70. The number of alkyl halides is 6. The van der Waals surface area contributed by atoms with Crippen LogP contribution in [0.4, 0.5) is 37.7 Å². The smallest absolute Gasteiger partial charge is 0.416 e. The van der Waals surface area contributed by atoms with Crippen molar-refractivity contribution < 1.29 is 40.7 Å². The first-order chi connectivity index (χ1) is 15.3. The Labute approximate surface area is 184 Å². The van der Waals surface area contributed by atoms with Crippen molar-refractivity contribution in [3.05, 3.63) is 71.4 Å². The second kappa shape index (κ2) is 8.45. The first kappa shape index (κ1) is 24.1. The van der Waals surface area contributed by atoms with Gasteiger partial charge in [-0.25, -0.2) is 4.79 Å². The number of esters is 1. The van der Waals surface area contributed by atoms with Crippen molar-refractivity contribution >= 4 is 23.3 Å². The summed E-state index contributed by atoms with van der Waals surface area (Å²) in [5.41, 5.74) is -4.48. The van der Waals surface area contributed by atoms with Gasteiger partial charge in [0.25, 0.3) is 5.91 Å². The summed E-state index contributed by atoms with van der Waals surface area (Å²) < 4.78 is 83.7. The van der Waals surface area contributed by atoms with Crippen molar-refractivity contribution in [1.82, 2.24) is 0 Å². The maximum Gasteiger partial charge on any atom is 0.416 e. The molecule has 0 saturated heterocycles. The van der Waals surface area contributed by atoms with Crippen LogP contribution in [0.1, 0.15) is 25.0 Å². The molecule has 0 fully saturated rings. The van der Waals surface area contributed by atoms with Gasteiger partial charge in [0.05, 0.1) is 17.7 Å². The van der Waals surface area contributed by atoms with Crippen LogP contribution in [0, 0.1) is 0 Å². The summed E-state index contributed by atoms with van der Waals surface area (Å²) in [5, 5.41) is 2.54. The number of halogens is 6. The van der Waals surface area contributed by atoms with E-state index in [-0.39, 0.29) is 23.7 Å². The van der Waals surface area contributed by atoms with Crippen LogP contribution in [-0.2, 0) is 26.7 Å². The van der Waals surface area contributed by atoms with Crippen LogP contribution in [0.2, 0.25) is 0 Å². The van der Waals surface area contributed by atoms with Crippen molar-refractivity contribution in [2.75, 3.05) is 16.8 Å². The Morgan fingerprint density at radius 2 is 1.58 bits per heavy atom. The molecule has 2 aromatic carbocycles. The van der Waals surface area contributed by atoms with E-state index in [9.17, 15) is 35.9 Å². The second-order valence-corrected chi connectivity index (χ2v) is 7.32. The zero-order valence-electron chi connectivity index (χ0n) is 17.3. The number of rotatable bonds is 5. The van der Waals surface area contributed by atoms with Gasteiger partial charge in [0, 0.05) is 11.4 Å². The van der Waals surface area contributed by atoms with Crippen molar-refractivity contribution in [1.29, 1.82) is 0 Å². The number of nitrogens with one attached hydrogen (secondary N) is 1. The van der Waals surface area contributed by atoms with E-state index >= 15 is 0 Å². The SMILES string of the molecule is CCOC(=O)[C@@]1(C)C=C(Nc2cccc(C(F)(F)F)c2)C(=O)N1c1cccc(C(F)(F)F)c1. The molecule has 1 amide bonds. The Morgan fingerprint density at radius 3 is 2.15 bits per heavy atom. The molecule has 1 atom stereocenters. The molecule has 0 spiro atoms. The Kier molecular flexibility index (Phi) is 6.18. The van der Waals surface area contributed by atoms with Gasteiger partial charge in [-0.3, -0.25) is 9.69 Å². The number of hydrogen-bond donors (Lipinski definition) is 1. The molecule has 1 heterocycles. The predicted octanol–water partition coefficient (Wildman–Crippen LogP) is 5.39. The number of hydrogen-bond acceptors (Lipinski definition) is 4. The minimum absolute atomic E-state index is 0.0662. The first-order valence-electron chi connectivity index (χ1n) is 9.63.